The summed E-state index contributed by atoms with van der Waals surface area (Å²) in [5, 5.41) is 5.99. The van der Waals surface area contributed by atoms with E-state index in [2.05, 4.69) is 24.5 Å². The molecule has 0 radical (unpaired) electrons. The topological polar surface area (TPSA) is 78.5 Å². The average Bonchev–Trinajstić information content (AvgIpc) is 3.43. The van der Waals surface area contributed by atoms with Crippen LogP contribution in [0.2, 0.25) is 0 Å². The Hall–Kier alpha value is -2.37. The third kappa shape index (κ3) is 5.83. The predicted octanol–water partition coefficient (Wildman–Crippen LogP) is 3.01. The minimum atomic E-state index is -0.555. The number of carbonyl (C=O) groups is 3. The molecule has 1 heterocycles. The zero-order chi connectivity index (χ0) is 21.5. The lowest BCUT2D eigenvalue weighted by Gasteiger charge is -2.30. The highest BCUT2D eigenvalue weighted by Gasteiger charge is 2.38. The Morgan fingerprint density at radius 3 is 2.37 bits per heavy atom. The van der Waals surface area contributed by atoms with Gasteiger partial charge in [-0.15, -0.1) is 0 Å². The number of hydrogen-bond acceptors (Lipinski definition) is 3. The van der Waals surface area contributed by atoms with Crippen LogP contribution in [-0.2, 0) is 20.9 Å². The number of likely N-dealkylation sites (tertiary alicyclic amines) is 1. The molecule has 2 fully saturated rings. The van der Waals surface area contributed by atoms with Gasteiger partial charge >= 0.3 is 0 Å². The lowest BCUT2D eigenvalue weighted by atomic mass is 10.00. The summed E-state index contributed by atoms with van der Waals surface area (Å²) in [6, 6.07) is 8.74. The van der Waals surface area contributed by atoms with Crippen LogP contribution in [0.3, 0.4) is 0 Å². The quantitative estimate of drug-likeness (QED) is 0.688. The van der Waals surface area contributed by atoms with Gasteiger partial charge in [-0.25, -0.2) is 0 Å². The number of rotatable bonds is 8. The lowest BCUT2D eigenvalue weighted by Crippen LogP contribution is -2.54. The molecule has 0 spiro atoms. The van der Waals surface area contributed by atoms with Crippen molar-refractivity contribution in [1.29, 1.82) is 0 Å². The normalized spacial score (nSPS) is 20.4. The molecule has 1 aliphatic heterocycles. The molecule has 6 nitrogen and oxygen atoms in total. The van der Waals surface area contributed by atoms with E-state index in [0.29, 0.717) is 25.9 Å². The fourth-order valence-corrected chi connectivity index (χ4v) is 4.58. The third-order valence-electron chi connectivity index (χ3n) is 6.20. The Kier molecular flexibility index (Phi) is 7.88. The molecule has 3 rings (SSSR count). The highest BCUT2D eigenvalue weighted by atomic mass is 16.2. The molecule has 1 aliphatic carbocycles. The van der Waals surface area contributed by atoms with E-state index in [4.69, 9.17) is 0 Å². The molecule has 3 amide bonds. The number of nitrogens with one attached hydrogen (secondary N) is 2. The molecular weight excluding hydrogens is 378 g/mol. The second-order valence-corrected chi connectivity index (χ2v) is 9.07. The van der Waals surface area contributed by atoms with Crippen LogP contribution in [0.25, 0.3) is 0 Å². The molecule has 6 heteroatoms. The van der Waals surface area contributed by atoms with Gasteiger partial charge in [-0.3, -0.25) is 14.4 Å². The molecule has 1 saturated heterocycles. The first-order valence-corrected chi connectivity index (χ1v) is 11.4. The Morgan fingerprint density at radius 1 is 1.00 bits per heavy atom. The zero-order valence-corrected chi connectivity index (χ0v) is 18.2. The Bertz CT molecular complexity index is 728. The van der Waals surface area contributed by atoms with E-state index in [1.807, 2.05) is 30.3 Å². The summed E-state index contributed by atoms with van der Waals surface area (Å²) in [6.45, 7) is 5.12. The molecule has 1 aromatic rings. The van der Waals surface area contributed by atoms with Crippen molar-refractivity contribution in [3.8, 4) is 0 Å². The van der Waals surface area contributed by atoms with Crippen molar-refractivity contribution in [3.05, 3.63) is 35.9 Å². The second kappa shape index (κ2) is 10.6. The van der Waals surface area contributed by atoms with Crippen molar-refractivity contribution in [2.24, 2.45) is 11.8 Å². The molecule has 0 aromatic heterocycles. The summed E-state index contributed by atoms with van der Waals surface area (Å²) in [7, 11) is 0. The zero-order valence-electron chi connectivity index (χ0n) is 18.2. The number of carbonyl (C=O) groups excluding carboxylic acids is 3. The average molecular weight is 414 g/mol. The van der Waals surface area contributed by atoms with Crippen molar-refractivity contribution in [1.82, 2.24) is 15.5 Å². The van der Waals surface area contributed by atoms with E-state index >= 15 is 0 Å². The van der Waals surface area contributed by atoms with Gasteiger partial charge in [0, 0.05) is 19.0 Å². The highest BCUT2D eigenvalue weighted by molar-refractivity contribution is 5.93. The molecule has 1 aromatic carbocycles. The summed E-state index contributed by atoms with van der Waals surface area (Å²) in [6.07, 6.45) is 6.03. The van der Waals surface area contributed by atoms with Gasteiger partial charge in [-0.1, -0.05) is 57.0 Å². The Morgan fingerprint density at radius 2 is 1.70 bits per heavy atom. The van der Waals surface area contributed by atoms with Crippen LogP contribution in [0.5, 0.6) is 0 Å². The van der Waals surface area contributed by atoms with Crippen LogP contribution in [0.15, 0.2) is 30.3 Å². The number of hydrogen-bond donors (Lipinski definition) is 2. The molecule has 0 unspecified atom stereocenters. The minimum Gasteiger partial charge on any atom is -0.350 e. The third-order valence-corrected chi connectivity index (χ3v) is 6.20. The minimum absolute atomic E-state index is 0.00391. The van der Waals surface area contributed by atoms with Crippen molar-refractivity contribution < 1.29 is 14.4 Å². The Labute approximate surface area is 179 Å². The van der Waals surface area contributed by atoms with Gasteiger partial charge in [0.25, 0.3) is 0 Å². The highest BCUT2D eigenvalue weighted by Crippen LogP contribution is 2.26. The first kappa shape index (κ1) is 22.3. The summed E-state index contributed by atoms with van der Waals surface area (Å²) >= 11 is 0. The predicted molar refractivity (Wildman–Crippen MR) is 116 cm³/mol. The number of nitrogens with zero attached hydrogens (tertiary/aromatic N) is 1. The fraction of sp³-hybridized carbons (Fsp3) is 0.625. The summed E-state index contributed by atoms with van der Waals surface area (Å²) in [5.74, 6) is 0.0603. The SMILES string of the molecule is CC(C)C[C@H](NC(=O)C1CCCC1)C(=O)N1CCC[C@H]1C(=O)NCc1ccccc1. The maximum Gasteiger partial charge on any atom is 0.245 e. The van der Waals surface area contributed by atoms with Gasteiger partial charge in [0.1, 0.15) is 12.1 Å². The van der Waals surface area contributed by atoms with Crippen LogP contribution in [0.1, 0.15) is 64.4 Å². The van der Waals surface area contributed by atoms with E-state index in [1.54, 1.807) is 4.90 Å². The maximum atomic E-state index is 13.4. The molecule has 2 atom stereocenters. The maximum absolute atomic E-state index is 13.4. The van der Waals surface area contributed by atoms with Gasteiger partial charge < -0.3 is 15.5 Å². The van der Waals surface area contributed by atoms with Gasteiger partial charge in [-0.2, -0.15) is 0 Å². The van der Waals surface area contributed by atoms with Crippen LogP contribution >= 0.6 is 0 Å². The van der Waals surface area contributed by atoms with Crippen LogP contribution in [-0.4, -0.2) is 41.2 Å². The smallest absolute Gasteiger partial charge is 0.245 e. The number of amides is 3. The van der Waals surface area contributed by atoms with E-state index < -0.39 is 12.1 Å². The first-order valence-electron chi connectivity index (χ1n) is 11.4. The van der Waals surface area contributed by atoms with E-state index in [9.17, 15) is 14.4 Å². The van der Waals surface area contributed by atoms with Crippen molar-refractivity contribution in [3.63, 3.8) is 0 Å². The van der Waals surface area contributed by atoms with E-state index in [0.717, 1.165) is 37.7 Å². The van der Waals surface area contributed by atoms with Crippen molar-refractivity contribution in [2.75, 3.05) is 6.54 Å². The van der Waals surface area contributed by atoms with Crippen LogP contribution in [0.4, 0.5) is 0 Å². The largest absolute Gasteiger partial charge is 0.350 e. The van der Waals surface area contributed by atoms with Crippen molar-refractivity contribution >= 4 is 17.7 Å². The van der Waals surface area contributed by atoms with Gasteiger partial charge in [0.05, 0.1) is 0 Å². The van der Waals surface area contributed by atoms with Gasteiger partial charge in [0.2, 0.25) is 17.7 Å². The molecular formula is C24H35N3O3. The van der Waals surface area contributed by atoms with Gasteiger partial charge in [-0.05, 0) is 43.6 Å². The molecule has 30 heavy (non-hydrogen) atoms. The first-order chi connectivity index (χ1) is 14.5. The van der Waals surface area contributed by atoms with Crippen LogP contribution in [0, 0.1) is 11.8 Å². The lowest BCUT2D eigenvalue weighted by molar-refractivity contribution is -0.142. The molecule has 2 aliphatic rings. The summed E-state index contributed by atoms with van der Waals surface area (Å²) in [4.78, 5) is 40.5. The van der Waals surface area contributed by atoms with E-state index in [-0.39, 0.29) is 29.6 Å². The molecule has 2 N–H and O–H groups in total. The fourth-order valence-electron chi connectivity index (χ4n) is 4.58. The summed E-state index contributed by atoms with van der Waals surface area (Å²) in [5.41, 5.74) is 1.03. The van der Waals surface area contributed by atoms with Gasteiger partial charge in [0.15, 0.2) is 0 Å². The molecule has 164 valence electrons. The second-order valence-electron chi connectivity index (χ2n) is 9.07. The molecule has 0 bridgehead atoms. The monoisotopic (exact) mass is 413 g/mol. The number of benzene rings is 1. The van der Waals surface area contributed by atoms with Crippen LogP contribution < -0.4 is 10.6 Å². The molecule has 1 saturated carbocycles. The standard InChI is InChI=1S/C24H35N3O3/c1-17(2)15-20(26-22(28)19-11-6-7-12-19)24(30)27-14-8-13-21(27)23(29)25-16-18-9-4-3-5-10-18/h3-5,9-10,17,19-21H,6-8,11-16H2,1-2H3,(H,25,29)(H,26,28)/t20-,21-/m0/s1. The van der Waals surface area contributed by atoms with E-state index in [1.165, 1.54) is 0 Å². The van der Waals surface area contributed by atoms with Crippen molar-refractivity contribution in [2.45, 2.75) is 77.4 Å². The Balaban J connectivity index is 1.62. The summed E-state index contributed by atoms with van der Waals surface area (Å²) < 4.78 is 0.